The predicted molar refractivity (Wildman–Crippen MR) is 113 cm³/mol. The van der Waals surface area contributed by atoms with Crippen LogP contribution in [0.3, 0.4) is 0 Å². The van der Waals surface area contributed by atoms with Gasteiger partial charge in [-0.3, -0.25) is 4.79 Å². The number of rotatable bonds is 8. The van der Waals surface area contributed by atoms with Gasteiger partial charge in [0.2, 0.25) is 0 Å². The summed E-state index contributed by atoms with van der Waals surface area (Å²) >= 11 is 0. The Hall–Kier alpha value is -3.47. The molecule has 3 aromatic carbocycles. The van der Waals surface area contributed by atoms with Gasteiger partial charge >= 0.3 is 0 Å². The maximum atomic E-state index is 12.7. The fourth-order valence-electron chi connectivity index (χ4n) is 2.99. The molecule has 0 aromatic heterocycles. The summed E-state index contributed by atoms with van der Waals surface area (Å²) in [7, 11) is 3.21. The molecule has 5 nitrogen and oxygen atoms in total. The largest absolute Gasteiger partial charge is 0.493 e. The van der Waals surface area contributed by atoms with E-state index in [1.54, 1.807) is 26.4 Å². The summed E-state index contributed by atoms with van der Waals surface area (Å²) in [4.78, 5) is 12.7. The fraction of sp³-hybridized carbons (Fsp3) is 0.208. The van der Waals surface area contributed by atoms with E-state index in [0.717, 1.165) is 16.7 Å². The van der Waals surface area contributed by atoms with E-state index in [4.69, 9.17) is 14.2 Å². The third-order valence-corrected chi connectivity index (χ3v) is 4.65. The van der Waals surface area contributed by atoms with E-state index in [2.05, 4.69) is 5.32 Å². The molecule has 5 heteroatoms. The molecule has 0 saturated carbocycles. The predicted octanol–water partition coefficient (Wildman–Crippen LogP) is 4.52. The highest BCUT2D eigenvalue weighted by atomic mass is 16.5. The van der Waals surface area contributed by atoms with Crippen molar-refractivity contribution in [2.75, 3.05) is 14.2 Å². The molecule has 29 heavy (non-hydrogen) atoms. The number of hydrogen-bond acceptors (Lipinski definition) is 4. The Morgan fingerprint density at radius 3 is 2.24 bits per heavy atom. The zero-order valence-corrected chi connectivity index (χ0v) is 16.9. The van der Waals surface area contributed by atoms with Crippen molar-refractivity contribution in [3.63, 3.8) is 0 Å². The van der Waals surface area contributed by atoms with E-state index < -0.39 is 0 Å². The Balaban J connectivity index is 1.72. The Morgan fingerprint density at radius 2 is 1.52 bits per heavy atom. The first-order valence-electron chi connectivity index (χ1n) is 9.38. The minimum Gasteiger partial charge on any atom is -0.493 e. The van der Waals surface area contributed by atoms with E-state index in [-0.39, 0.29) is 5.91 Å². The molecule has 0 heterocycles. The normalized spacial score (nSPS) is 10.3. The second-order valence-electron chi connectivity index (χ2n) is 6.59. The summed E-state index contributed by atoms with van der Waals surface area (Å²) < 4.78 is 16.7. The minimum atomic E-state index is -0.173. The van der Waals surface area contributed by atoms with Crippen molar-refractivity contribution in [1.29, 1.82) is 0 Å². The third-order valence-electron chi connectivity index (χ3n) is 4.65. The number of carbonyl (C=O) groups is 1. The van der Waals surface area contributed by atoms with Crippen LogP contribution in [0.2, 0.25) is 0 Å². The SMILES string of the molecule is COc1cc(C)c(COc2ccccc2C(=O)NCc2ccccc2)cc1OC. The van der Waals surface area contributed by atoms with E-state index in [1.165, 1.54) is 0 Å². The smallest absolute Gasteiger partial charge is 0.255 e. The van der Waals surface area contributed by atoms with Crippen molar-refractivity contribution in [3.05, 3.63) is 89.0 Å². The molecule has 0 bridgehead atoms. The van der Waals surface area contributed by atoms with Gasteiger partial charge in [-0.05, 0) is 47.9 Å². The van der Waals surface area contributed by atoms with Crippen LogP contribution in [0.1, 0.15) is 27.0 Å². The van der Waals surface area contributed by atoms with Crippen LogP contribution in [0.25, 0.3) is 0 Å². The zero-order chi connectivity index (χ0) is 20.6. The number of nitrogens with one attached hydrogen (secondary N) is 1. The summed E-state index contributed by atoms with van der Waals surface area (Å²) in [5.41, 5.74) is 3.53. The first kappa shape index (κ1) is 20.3. The van der Waals surface area contributed by atoms with Gasteiger partial charge in [0.05, 0.1) is 19.8 Å². The Labute approximate surface area is 171 Å². The number of methoxy groups -OCH3 is 2. The van der Waals surface area contributed by atoms with Crippen LogP contribution in [0.15, 0.2) is 66.7 Å². The molecule has 0 aliphatic rings. The van der Waals surface area contributed by atoms with Crippen LogP contribution in [0, 0.1) is 6.92 Å². The van der Waals surface area contributed by atoms with Crippen LogP contribution in [0.5, 0.6) is 17.2 Å². The lowest BCUT2D eigenvalue weighted by Gasteiger charge is -2.15. The van der Waals surface area contributed by atoms with Crippen LogP contribution in [-0.2, 0) is 13.2 Å². The van der Waals surface area contributed by atoms with Gasteiger partial charge < -0.3 is 19.5 Å². The van der Waals surface area contributed by atoms with Crippen molar-refractivity contribution in [1.82, 2.24) is 5.32 Å². The third kappa shape index (κ3) is 5.08. The molecule has 0 radical (unpaired) electrons. The highest BCUT2D eigenvalue weighted by Crippen LogP contribution is 2.31. The van der Waals surface area contributed by atoms with Gasteiger partial charge in [0.1, 0.15) is 12.4 Å². The minimum absolute atomic E-state index is 0.173. The molecule has 3 aromatic rings. The quantitative estimate of drug-likeness (QED) is 0.613. The Kier molecular flexibility index (Phi) is 6.74. The van der Waals surface area contributed by atoms with Gasteiger partial charge in [0.15, 0.2) is 11.5 Å². The Morgan fingerprint density at radius 1 is 0.862 bits per heavy atom. The number of carbonyl (C=O) groups excluding carboxylic acids is 1. The molecule has 0 atom stereocenters. The maximum Gasteiger partial charge on any atom is 0.255 e. The van der Waals surface area contributed by atoms with Gasteiger partial charge in [-0.1, -0.05) is 42.5 Å². The highest BCUT2D eigenvalue weighted by molar-refractivity contribution is 5.96. The number of para-hydroxylation sites is 1. The number of hydrogen-bond donors (Lipinski definition) is 1. The second kappa shape index (κ2) is 9.64. The van der Waals surface area contributed by atoms with Crippen molar-refractivity contribution >= 4 is 5.91 Å². The van der Waals surface area contributed by atoms with E-state index in [0.29, 0.717) is 36.0 Å². The molecule has 3 rings (SSSR count). The number of aryl methyl sites for hydroxylation is 1. The van der Waals surface area contributed by atoms with Crippen molar-refractivity contribution in [2.45, 2.75) is 20.1 Å². The van der Waals surface area contributed by atoms with Crippen molar-refractivity contribution in [3.8, 4) is 17.2 Å². The summed E-state index contributed by atoms with van der Waals surface area (Å²) in [5.74, 6) is 1.68. The first-order chi connectivity index (χ1) is 14.1. The molecule has 0 unspecified atom stereocenters. The molecular weight excluding hydrogens is 366 g/mol. The van der Waals surface area contributed by atoms with E-state index in [1.807, 2.05) is 61.5 Å². The van der Waals surface area contributed by atoms with Gasteiger partial charge in [0.25, 0.3) is 5.91 Å². The van der Waals surface area contributed by atoms with Crippen LogP contribution in [-0.4, -0.2) is 20.1 Å². The molecule has 0 aliphatic carbocycles. The van der Waals surface area contributed by atoms with E-state index >= 15 is 0 Å². The fourth-order valence-corrected chi connectivity index (χ4v) is 2.99. The summed E-state index contributed by atoms with van der Waals surface area (Å²) in [6, 6.07) is 20.8. The molecule has 0 saturated heterocycles. The first-order valence-corrected chi connectivity index (χ1v) is 9.38. The lowest BCUT2D eigenvalue weighted by atomic mass is 10.1. The molecule has 0 fully saturated rings. The number of benzene rings is 3. The average Bonchev–Trinajstić information content (AvgIpc) is 2.77. The maximum absolute atomic E-state index is 12.7. The van der Waals surface area contributed by atoms with E-state index in [9.17, 15) is 4.79 Å². The zero-order valence-electron chi connectivity index (χ0n) is 16.9. The van der Waals surface area contributed by atoms with Gasteiger partial charge in [0, 0.05) is 6.54 Å². The highest BCUT2D eigenvalue weighted by Gasteiger charge is 2.14. The molecular formula is C24H25NO4. The lowest BCUT2D eigenvalue weighted by Crippen LogP contribution is -2.23. The Bertz CT molecular complexity index is 970. The average molecular weight is 391 g/mol. The monoisotopic (exact) mass is 391 g/mol. The van der Waals surface area contributed by atoms with Gasteiger partial charge in [-0.15, -0.1) is 0 Å². The molecule has 1 N–H and O–H groups in total. The number of ether oxygens (including phenoxy) is 3. The van der Waals surface area contributed by atoms with Crippen LogP contribution >= 0.6 is 0 Å². The second-order valence-corrected chi connectivity index (χ2v) is 6.59. The van der Waals surface area contributed by atoms with Gasteiger partial charge in [-0.25, -0.2) is 0 Å². The molecule has 150 valence electrons. The summed E-state index contributed by atoms with van der Waals surface area (Å²) in [5, 5.41) is 2.94. The molecule has 0 aliphatic heterocycles. The van der Waals surface area contributed by atoms with Crippen molar-refractivity contribution < 1.29 is 19.0 Å². The molecule has 1 amide bonds. The summed E-state index contributed by atoms with van der Waals surface area (Å²) in [6.45, 7) is 2.76. The van der Waals surface area contributed by atoms with Gasteiger partial charge in [-0.2, -0.15) is 0 Å². The van der Waals surface area contributed by atoms with Crippen LogP contribution in [0.4, 0.5) is 0 Å². The summed E-state index contributed by atoms with van der Waals surface area (Å²) in [6.07, 6.45) is 0. The molecule has 0 spiro atoms. The standard InChI is InChI=1S/C24H25NO4/c1-17-13-22(27-2)23(28-3)14-19(17)16-29-21-12-8-7-11-20(21)24(26)25-15-18-9-5-4-6-10-18/h4-14H,15-16H2,1-3H3,(H,25,26). The topological polar surface area (TPSA) is 56.8 Å². The lowest BCUT2D eigenvalue weighted by molar-refractivity contribution is 0.0946. The number of amides is 1. The van der Waals surface area contributed by atoms with Crippen LogP contribution < -0.4 is 19.5 Å². The van der Waals surface area contributed by atoms with Crippen molar-refractivity contribution in [2.24, 2.45) is 0 Å².